The molecule has 1 aromatic rings. The van der Waals surface area contributed by atoms with Gasteiger partial charge in [-0.05, 0) is 24.6 Å². The third kappa shape index (κ3) is 3.21. The van der Waals surface area contributed by atoms with Crippen LogP contribution in [-0.4, -0.2) is 28.8 Å². The first-order valence-electron chi connectivity index (χ1n) is 4.98. The molecule has 0 aliphatic carbocycles. The van der Waals surface area contributed by atoms with Gasteiger partial charge in [0.05, 0.1) is 18.2 Å². The molecule has 0 saturated carbocycles. The summed E-state index contributed by atoms with van der Waals surface area (Å²) in [7, 11) is 0. The topological polar surface area (TPSA) is 69.6 Å². The molecule has 1 aromatic carbocycles. The number of amides is 1. The molecule has 0 aliphatic rings. The first-order valence-corrected chi connectivity index (χ1v) is 5.78. The highest BCUT2D eigenvalue weighted by molar-refractivity contribution is 9.10. The molecule has 0 aliphatic heterocycles. The zero-order chi connectivity index (χ0) is 12.1. The number of hydrogen-bond donors (Lipinski definition) is 3. The molecule has 3 N–H and O–H groups in total. The monoisotopic (exact) mass is 287 g/mol. The Balaban J connectivity index is 2.80. The second kappa shape index (κ2) is 5.86. The molecule has 1 rings (SSSR count). The average Bonchev–Trinajstić information content (AvgIpc) is 2.25. The lowest BCUT2D eigenvalue weighted by Gasteiger charge is -2.14. The largest absolute Gasteiger partial charge is 0.507 e. The molecule has 0 aromatic heterocycles. The van der Waals surface area contributed by atoms with Gasteiger partial charge < -0.3 is 15.5 Å². The van der Waals surface area contributed by atoms with E-state index in [4.69, 9.17) is 5.11 Å². The number of phenols is 1. The molecule has 88 valence electrons. The highest BCUT2D eigenvalue weighted by atomic mass is 79.9. The van der Waals surface area contributed by atoms with Gasteiger partial charge in [-0.25, -0.2) is 0 Å². The maximum atomic E-state index is 11.7. The molecule has 16 heavy (non-hydrogen) atoms. The standard InChI is InChI=1S/C11H14BrNO3/c1-2-8(6-14)13-11(16)9-4-3-7(12)5-10(9)15/h3-5,8,14-15H,2,6H2,1H3,(H,13,16)/t8-/m0/s1. The van der Waals surface area contributed by atoms with Crippen LogP contribution in [0.2, 0.25) is 0 Å². The van der Waals surface area contributed by atoms with Crippen molar-refractivity contribution >= 4 is 21.8 Å². The van der Waals surface area contributed by atoms with Gasteiger partial charge in [0.15, 0.2) is 0 Å². The van der Waals surface area contributed by atoms with Crippen LogP contribution in [-0.2, 0) is 0 Å². The van der Waals surface area contributed by atoms with Gasteiger partial charge in [0.1, 0.15) is 5.75 Å². The third-order valence-electron chi connectivity index (χ3n) is 2.25. The van der Waals surface area contributed by atoms with E-state index in [0.717, 1.165) is 0 Å². The second-order valence-corrected chi connectivity index (χ2v) is 4.34. The van der Waals surface area contributed by atoms with Crippen molar-refractivity contribution in [1.29, 1.82) is 0 Å². The van der Waals surface area contributed by atoms with Crippen LogP contribution in [0, 0.1) is 0 Å². The Morgan fingerprint density at radius 2 is 2.25 bits per heavy atom. The molecule has 0 radical (unpaired) electrons. The fourth-order valence-corrected chi connectivity index (χ4v) is 1.59. The average molecular weight is 288 g/mol. The van der Waals surface area contributed by atoms with E-state index in [1.807, 2.05) is 6.92 Å². The zero-order valence-electron chi connectivity index (χ0n) is 8.90. The number of phenolic OH excluding ortho intramolecular Hbond substituents is 1. The van der Waals surface area contributed by atoms with E-state index in [1.54, 1.807) is 6.07 Å². The van der Waals surface area contributed by atoms with Crippen LogP contribution in [0.3, 0.4) is 0 Å². The number of benzene rings is 1. The fourth-order valence-electron chi connectivity index (χ4n) is 1.24. The van der Waals surface area contributed by atoms with E-state index in [2.05, 4.69) is 21.2 Å². The molecular weight excluding hydrogens is 274 g/mol. The highest BCUT2D eigenvalue weighted by Gasteiger charge is 2.14. The number of nitrogens with one attached hydrogen (secondary N) is 1. The Morgan fingerprint density at radius 1 is 1.56 bits per heavy atom. The third-order valence-corrected chi connectivity index (χ3v) is 2.75. The lowest BCUT2D eigenvalue weighted by molar-refractivity contribution is 0.0912. The molecule has 0 heterocycles. The number of carbonyl (C=O) groups is 1. The van der Waals surface area contributed by atoms with E-state index >= 15 is 0 Å². The Hall–Kier alpha value is -1.07. The quantitative estimate of drug-likeness (QED) is 0.789. The van der Waals surface area contributed by atoms with Gasteiger partial charge in [0.25, 0.3) is 5.91 Å². The SMILES string of the molecule is CC[C@@H](CO)NC(=O)c1ccc(Br)cc1O. The van der Waals surface area contributed by atoms with Crippen molar-refractivity contribution in [3.63, 3.8) is 0 Å². The van der Waals surface area contributed by atoms with Crippen molar-refractivity contribution < 1.29 is 15.0 Å². The maximum absolute atomic E-state index is 11.7. The van der Waals surface area contributed by atoms with Crippen molar-refractivity contribution in [1.82, 2.24) is 5.32 Å². The van der Waals surface area contributed by atoms with Crippen molar-refractivity contribution in [3.05, 3.63) is 28.2 Å². The van der Waals surface area contributed by atoms with Crippen LogP contribution in [0.15, 0.2) is 22.7 Å². The van der Waals surface area contributed by atoms with Gasteiger partial charge in [-0.3, -0.25) is 4.79 Å². The molecule has 5 heteroatoms. The summed E-state index contributed by atoms with van der Waals surface area (Å²) in [6.07, 6.45) is 0.638. The summed E-state index contributed by atoms with van der Waals surface area (Å²) in [5, 5.41) is 21.1. The van der Waals surface area contributed by atoms with Gasteiger partial charge >= 0.3 is 0 Å². The summed E-state index contributed by atoms with van der Waals surface area (Å²) in [5.74, 6) is -0.467. The molecule has 1 atom stereocenters. The maximum Gasteiger partial charge on any atom is 0.255 e. The molecule has 0 saturated heterocycles. The number of halogens is 1. The molecule has 1 amide bonds. The number of rotatable bonds is 4. The minimum absolute atomic E-state index is 0.0836. The smallest absolute Gasteiger partial charge is 0.255 e. The number of hydrogen-bond acceptors (Lipinski definition) is 3. The summed E-state index contributed by atoms with van der Waals surface area (Å²) >= 11 is 3.19. The fraction of sp³-hybridized carbons (Fsp3) is 0.364. The van der Waals surface area contributed by atoms with E-state index in [9.17, 15) is 9.90 Å². The minimum atomic E-state index is -0.383. The van der Waals surface area contributed by atoms with Crippen LogP contribution in [0.1, 0.15) is 23.7 Å². The first kappa shape index (κ1) is 13.0. The predicted molar refractivity (Wildman–Crippen MR) is 64.4 cm³/mol. The summed E-state index contributed by atoms with van der Waals surface area (Å²) in [6, 6.07) is 4.37. The lowest BCUT2D eigenvalue weighted by atomic mass is 10.1. The van der Waals surface area contributed by atoms with E-state index in [-0.39, 0.29) is 29.9 Å². The summed E-state index contributed by atoms with van der Waals surface area (Å²) in [4.78, 5) is 11.7. The van der Waals surface area contributed by atoms with E-state index in [1.165, 1.54) is 12.1 Å². The zero-order valence-corrected chi connectivity index (χ0v) is 10.5. The second-order valence-electron chi connectivity index (χ2n) is 3.42. The Kier molecular flexibility index (Phi) is 4.76. The molecule has 4 nitrogen and oxygen atoms in total. The van der Waals surface area contributed by atoms with Crippen LogP contribution in [0.5, 0.6) is 5.75 Å². The molecule has 0 fully saturated rings. The van der Waals surface area contributed by atoms with Crippen LogP contribution < -0.4 is 5.32 Å². The van der Waals surface area contributed by atoms with Crippen LogP contribution >= 0.6 is 15.9 Å². The lowest BCUT2D eigenvalue weighted by Crippen LogP contribution is -2.36. The van der Waals surface area contributed by atoms with E-state index in [0.29, 0.717) is 10.9 Å². The summed E-state index contributed by atoms with van der Waals surface area (Å²) < 4.78 is 0.704. The molecule has 0 bridgehead atoms. The van der Waals surface area contributed by atoms with Gasteiger partial charge in [-0.15, -0.1) is 0 Å². The minimum Gasteiger partial charge on any atom is -0.507 e. The molecule has 0 unspecified atom stereocenters. The van der Waals surface area contributed by atoms with Crippen LogP contribution in [0.4, 0.5) is 0 Å². The molecule has 0 spiro atoms. The summed E-state index contributed by atoms with van der Waals surface area (Å²) in [6.45, 7) is 1.75. The number of carbonyl (C=O) groups excluding carboxylic acids is 1. The first-order chi connectivity index (χ1) is 7.58. The number of aliphatic hydroxyl groups is 1. The van der Waals surface area contributed by atoms with Crippen molar-refractivity contribution in [2.45, 2.75) is 19.4 Å². The normalized spacial score (nSPS) is 12.2. The predicted octanol–water partition coefficient (Wildman–Crippen LogP) is 1.66. The van der Waals surface area contributed by atoms with Crippen molar-refractivity contribution in [2.75, 3.05) is 6.61 Å². The van der Waals surface area contributed by atoms with Crippen molar-refractivity contribution in [3.8, 4) is 5.75 Å². The number of aromatic hydroxyl groups is 1. The highest BCUT2D eigenvalue weighted by Crippen LogP contribution is 2.22. The van der Waals surface area contributed by atoms with Gasteiger partial charge in [0, 0.05) is 4.47 Å². The van der Waals surface area contributed by atoms with Gasteiger partial charge in [-0.2, -0.15) is 0 Å². The molecular formula is C11H14BrNO3. The Morgan fingerprint density at radius 3 is 2.75 bits per heavy atom. The van der Waals surface area contributed by atoms with Crippen LogP contribution in [0.25, 0.3) is 0 Å². The summed E-state index contributed by atoms with van der Waals surface area (Å²) in [5.41, 5.74) is 0.204. The Bertz CT molecular complexity index is 377. The number of aliphatic hydroxyl groups excluding tert-OH is 1. The van der Waals surface area contributed by atoms with Gasteiger partial charge in [-0.1, -0.05) is 22.9 Å². The van der Waals surface area contributed by atoms with E-state index < -0.39 is 0 Å². The van der Waals surface area contributed by atoms with Gasteiger partial charge in [0.2, 0.25) is 0 Å². The Labute approximate surface area is 102 Å². The van der Waals surface area contributed by atoms with Crippen molar-refractivity contribution in [2.24, 2.45) is 0 Å².